The first-order chi connectivity index (χ1) is 28.4. The molecule has 278 valence electrons. The van der Waals surface area contributed by atoms with E-state index in [0.717, 1.165) is 66.4 Å². The molecule has 8 aromatic carbocycles. The van der Waals surface area contributed by atoms with Crippen molar-refractivity contribution in [2.75, 3.05) is 0 Å². The van der Waals surface area contributed by atoms with Crippen LogP contribution in [0.1, 0.15) is 41.7 Å². The van der Waals surface area contributed by atoms with Gasteiger partial charge in [-0.3, -0.25) is 4.99 Å². The van der Waals surface area contributed by atoms with Gasteiger partial charge in [0.05, 0.1) is 6.54 Å². The molecule has 1 heterocycles. The van der Waals surface area contributed by atoms with Crippen LogP contribution in [0.25, 0.3) is 66.4 Å². The average Bonchev–Trinajstić information content (AvgIpc) is 3.77. The third-order valence-corrected chi connectivity index (χ3v) is 11.6. The predicted molar refractivity (Wildman–Crippen MR) is 241 cm³/mol. The summed E-state index contributed by atoms with van der Waals surface area (Å²) in [4.78, 5) is 10.4. The number of furan rings is 1. The average molecular weight is 748 g/mol. The molecule has 2 N–H and O–H groups in total. The van der Waals surface area contributed by atoms with E-state index in [2.05, 4.69) is 153 Å². The van der Waals surface area contributed by atoms with Gasteiger partial charge in [-0.2, -0.15) is 0 Å². The third kappa shape index (κ3) is 6.11. The minimum atomic E-state index is -0.0947. The van der Waals surface area contributed by atoms with Crippen LogP contribution in [0.3, 0.4) is 0 Å². The van der Waals surface area contributed by atoms with Crippen LogP contribution in [0.2, 0.25) is 0 Å². The fraction of sp³-hybridized carbons (Fsp3) is 0.0741. The first-order valence-corrected chi connectivity index (χ1v) is 19.8. The van der Waals surface area contributed by atoms with E-state index in [1.54, 1.807) is 0 Å². The van der Waals surface area contributed by atoms with Crippen molar-refractivity contribution >= 4 is 33.6 Å². The second-order valence-electron chi connectivity index (χ2n) is 15.5. The maximum absolute atomic E-state index is 7.15. The van der Waals surface area contributed by atoms with Gasteiger partial charge < -0.3 is 10.2 Å². The van der Waals surface area contributed by atoms with Crippen LogP contribution in [0.15, 0.2) is 202 Å². The van der Waals surface area contributed by atoms with Gasteiger partial charge in [-0.05, 0) is 79.9 Å². The zero-order valence-electron chi connectivity index (χ0n) is 32.5. The molecule has 1 aliphatic rings. The molecule has 0 fully saturated rings. The van der Waals surface area contributed by atoms with Gasteiger partial charge in [0, 0.05) is 32.9 Å². The summed E-state index contributed by atoms with van der Waals surface area (Å²) in [7, 11) is 0. The number of aliphatic imine (C=N–C) groups is 2. The molecule has 0 atom stereocenters. The summed E-state index contributed by atoms with van der Waals surface area (Å²) >= 11 is 0. The number of hydrogen-bond acceptors (Lipinski definition) is 2. The van der Waals surface area contributed by atoms with E-state index in [4.69, 9.17) is 20.1 Å². The number of nitrogens with two attached hydrogens (primary N) is 1. The molecule has 0 radical (unpaired) electrons. The predicted octanol–water partition coefficient (Wildman–Crippen LogP) is 13.2. The van der Waals surface area contributed by atoms with E-state index in [1.165, 1.54) is 27.8 Å². The zero-order chi connectivity index (χ0) is 39.2. The van der Waals surface area contributed by atoms with Crippen LogP contribution in [-0.2, 0) is 12.0 Å². The van der Waals surface area contributed by atoms with E-state index in [0.29, 0.717) is 18.2 Å². The Balaban J connectivity index is 1.14. The normalized spacial score (nSPS) is 13.5. The Hall–Kier alpha value is -7.30. The second kappa shape index (κ2) is 14.3. The second-order valence-corrected chi connectivity index (χ2v) is 15.5. The Bertz CT molecular complexity index is 3050. The number of benzene rings is 8. The molecule has 1 aromatic heterocycles. The van der Waals surface area contributed by atoms with Gasteiger partial charge in [-0.25, -0.2) is 4.99 Å². The van der Waals surface area contributed by atoms with Crippen molar-refractivity contribution in [3.63, 3.8) is 0 Å². The first-order valence-electron chi connectivity index (χ1n) is 19.8. The highest BCUT2D eigenvalue weighted by atomic mass is 16.3. The van der Waals surface area contributed by atoms with Crippen LogP contribution in [-0.4, -0.2) is 11.7 Å². The summed E-state index contributed by atoms with van der Waals surface area (Å²) in [5.41, 5.74) is 23.3. The van der Waals surface area contributed by atoms with E-state index in [-0.39, 0.29) is 5.41 Å². The van der Waals surface area contributed by atoms with Crippen LogP contribution >= 0.6 is 0 Å². The Morgan fingerprint density at radius 3 is 1.98 bits per heavy atom. The highest BCUT2D eigenvalue weighted by molar-refractivity contribution is 6.22. The fourth-order valence-corrected chi connectivity index (χ4v) is 8.71. The van der Waals surface area contributed by atoms with E-state index in [1.807, 2.05) is 48.5 Å². The maximum atomic E-state index is 7.15. The van der Waals surface area contributed by atoms with E-state index in [9.17, 15) is 0 Å². The van der Waals surface area contributed by atoms with Crippen molar-refractivity contribution in [3.8, 4) is 44.5 Å². The van der Waals surface area contributed by atoms with Crippen molar-refractivity contribution < 1.29 is 4.42 Å². The quantitative estimate of drug-likeness (QED) is 0.130. The Morgan fingerprint density at radius 1 is 0.552 bits per heavy atom. The van der Waals surface area contributed by atoms with Crippen molar-refractivity contribution in [2.24, 2.45) is 15.7 Å². The van der Waals surface area contributed by atoms with Gasteiger partial charge >= 0.3 is 0 Å². The van der Waals surface area contributed by atoms with Gasteiger partial charge in [0.1, 0.15) is 17.0 Å². The largest absolute Gasteiger partial charge is 0.455 e. The molecule has 58 heavy (non-hydrogen) atoms. The van der Waals surface area contributed by atoms with Crippen molar-refractivity contribution in [1.29, 1.82) is 0 Å². The molecule has 10 rings (SSSR count). The summed E-state index contributed by atoms with van der Waals surface area (Å²) < 4.78 is 6.71. The Labute approximate surface area is 338 Å². The van der Waals surface area contributed by atoms with Crippen LogP contribution in [0.5, 0.6) is 0 Å². The van der Waals surface area contributed by atoms with Gasteiger partial charge in [-0.15, -0.1) is 0 Å². The minimum absolute atomic E-state index is 0.0947. The number of fused-ring (bicyclic) bond motifs is 6. The molecule has 1 aliphatic carbocycles. The van der Waals surface area contributed by atoms with Crippen molar-refractivity contribution in [3.05, 3.63) is 216 Å². The van der Waals surface area contributed by atoms with Crippen molar-refractivity contribution in [1.82, 2.24) is 0 Å². The third-order valence-electron chi connectivity index (χ3n) is 11.6. The minimum Gasteiger partial charge on any atom is -0.455 e. The topological polar surface area (TPSA) is 63.9 Å². The maximum Gasteiger partial charge on any atom is 0.157 e. The number of nitrogens with zero attached hydrogens (tertiary/aromatic N) is 2. The highest BCUT2D eigenvalue weighted by Gasteiger charge is 2.36. The zero-order valence-corrected chi connectivity index (χ0v) is 32.5. The van der Waals surface area contributed by atoms with Gasteiger partial charge in [0.2, 0.25) is 0 Å². The monoisotopic (exact) mass is 747 g/mol. The molecule has 0 bridgehead atoms. The molecule has 0 amide bonds. The van der Waals surface area contributed by atoms with Crippen molar-refractivity contribution in [2.45, 2.75) is 25.8 Å². The smallest absolute Gasteiger partial charge is 0.157 e. The molecule has 0 unspecified atom stereocenters. The number of hydrogen-bond donors (Lipinski definition) is 1. The molecule has 4 nitrogen and oxygen atoms in total. The van der Waals surface area contributed by atoms with Crippen LogP contribution in [0, 0.1) is 0 Å². The standard InChI is InChI=1S/C54H41N3O/c1-54(2)46-28-13-12-25-42(46)49-41(26-15-29-47(49)54)38-23-14-24-39(31-38)53(56-34-35-17-6-3-7-18-35)57-52(55)43-27-16-30-48-50(43)45-33-40(36-19-8-4-9-20-36)32-44(51(45)58-48)37-21-10-5-11-22-37/h3-33H,34H2,1-2H3,(H2,55,56,57). The lowest BCUT2D eigenvalue weighted by Gasteiger charge is -2.21. The highest BCUT2D eigenvalue weighted by Crippen LogP contribution is 2.52. The first kappa shape index (κ1) is 35.1. The van der Waals surface area contributed by atoms with Gasteiger partial charge in [0.15, 0.2) is 5.84 Å². The van der Waals surface area contributed by atoms with Gasteiger partial charge in [0.25, 0.3) is 0 Å². The summed E-state index contributed by atoms with van der Waals surface area (Å²) in [6, 6.07) is 65.6. The molecule has 0 saturated heterocycles. The Morgan fingerprint density at radius 2 is 1.19 bits per heavy atom. The lowest BCUT2D eigenvalue weighted by Crippen LogP contribution is -2.17. The number of amidine groups is 2. The Kier molecular flexibility index (Phi) is 8.68. The fourth-order valence-electron chi connectivity index (χ4n) is 8.71. The van der Waals surface area contributed by atoms with E-state index >= 15 is 0 Å². The molecular formula is C54H41N3O. The summed E-state index contributed by atoms with van der Waals surface area (Å²) in [5, 5.41) is 1.90. The molecule has 9 aromatic rings. The molecule has 0 aliphatic heterocycles. The molecule has 4 heteroatoms. The summed E-state index contributed by atoms with van der Waals surface area (Å²) in [6.07, 6.45) is 0. The van der Waals surface area contributed by atoms with Crippen LogP contribution in [0.4, 0.5) is 0 Å². The molecular weight excluding hydrogens is 707 g/mol. The van der Waals surface area contributed by atoms with Crippen LogP contribution < -0.4 is 5.73 Å². The summed E-state index contributed by atoms with van der Waals surface area (Å²) in [5.74, 6) is 0.935. The number of rotatable bonds is 7. The van der Waals surface area contributed by atoms with Gasteiger partial charge in [-0.1, -0.05) is 178 Å². The summed E-state index contributed by atoms with van der Waals surface area (Å²) in [6.45, 7) is 5.09. The lowest BCUT2D eigenvalue weighted by atomic mass is 9.82. The van der Waals surface area contributed by atoms with E-state index < -0.39 is 0 Å². The lowest BCUT2D eigenvalue weighted by molar-refractivity contribution is 0.660. The SMILES string of the molecule is CC1(C)c2ccccc2-c2c(-c3cccc(C(=NCc4ccccc4)N=C(N)c4cccc5oc6c(-c7ccccc7)cc(-c7ccccc7)cc6c45)c3)cccc21. The molecule has 0 saturated carbocycles. The molecule has 0 spiro atoms.